The third kappa shape index (κ3) is 3.64. The van der Waals surface area contributed by atoms with Gasteiger partial charge in [-0.1, -0.05) is 24.6 Å². The Balaban J connectivity index is 2.03. The zero-order valence-corrected chi connectivity index (χ0v) is 12.2. The van der Waals surface area contributed by atoms with Gasteiger partial charge in [-0.2, -0.15) is 0 Å². The molecule has 1 N–H and O–H groups in total. The van der Waals surface area contributed by atoms with Crippen LogP contribution in [0.25, 0.3) is 0 Å². The predicted molar refractivity (Wildman–Crippen MR) is 78.7 cm³/mol. The van der Waals surface area contributed by atoms with Crippen molar-refractivity contribution >= 4 is 5.78 Å². The zero-order chi connectivity index (χ0) is 13.8. The minimum atomic E-state index is 0.0681. The van der Waals surface area contributed by atoms with Crippen molar-refractivity contribution in [3.8, 4) is 0 Å². The lowest BCUT2D eigenvalue weighted by atomic mass is 9.94. The Hall–Kier alpha value is -1.19. The summed E-state index contributed by atoms with van der Waals surface area (Å²) in [4.78, 5) is 14.9. The minimum Gasteiger partial charge on any atom is -0.314 e. The van der Waals surface area contributed by atoms with E-state index in [9.17, 15) is 4.79 Å². The molecule has 1 saturated heterocycles. The number of carbonyl (C=O) groups excluding carboxylic acids is 1. The van der Waals surface area contributed by atoms with Gasteiger partial charge in [-0.25, -0.2) is 0 Å². The van der Waals surface area contributed by atoms with Crippen molar-refractivity contribution in [2.24, 2.45) is 5.92 Å². The number of aryl methyl sites for hydroxylation is 2. The number of hydrogen-bond donors (Lipinski definition) is 1. The van der Waals surface area contributed by atoms with Crippen LogP contribution in [0.2, 0.25) is 0 Å². The second kappa shape index (κ2) is 6.31. The van der Waals surface area contributed by atoms with Crippen LogP contribution < -0.4 is 5.32 Å². The van der Waals surface area contributed by atoms with Crippen molar-refractivity contribution in [1.29, 1.82) is 0 Å². The van der Waals surface area contributed by atoms with Gasteiger partial charge in [-0.05, 0) is 25.5 Å². The molecular formula is C16H24N2O. The highest BCUT2D eigenvalue weighted by molar-refractivity contribution is 5.99. The second-order valence-electron chi connectivity index (χ2n) is 5.63. The summed E-state index contributed by atoms with van der Waals surface area (Å²) < 4.78 is 0. The first-order valence-electron chi connectivity index (χ1n) is 7.12. The number of rotatable bonds is 4. The van der Waals surface area contributed by atoms with E-state index >= 15 is 0 Å². The lowest BCUT2D eigenvalue weighted by molar-refractivity contribution is 0.0886. The second-order valence-corrected chi connectivity index (χ2v) is 5.63. The fourth-order valence-corrected chi connectivity index (χ4v) is 2.63. The number of hydrogen-bond acceptors (Lipinski definition) is 3. The molecule has 104 valence electrons. The van der Waals surface area contributed by atoms with Gasteiger partial charge in [0.2, 0.25) is 0 Å². The summed E-state index contributed by atoms with van der Waals surface area (Å²) in [6, 6.07) is 6.12. The number of nitrogens with zero attached hydrogens (tertiary/aromatic N) is 1. The molecule has 0 saturated carbocycles. The van der Waals surface area contributed by atoms with Gasteiger partial charge in [0, 0.05) is 44.2 Å². The molecule has 1 unspecified atom stereocenters. The molecule has 0 bridgehead atoms. The van der Waals surface area contributed by atoms with E-state index < -0.39 is 0 Å². The van der Waals surface area contributed by atoms with Crippen LogP contribution in [0.3, 0.4) is 0 Å². The first-order valence-corrected chi connectivity index (χ1v) is 7.12. The summed E-state index contributed by atoms with van der Waals surface area (Å²) in [6.45, 7) is 11.1. The van der Waals surface area contributed by atoms with Crippen LogP contribution in [0.1, 0.15) is 28.4 Å². The average Bonchev–Trinajstić information content (AvgIpc) is 2.42. The van der Waals surface area contributed by atoms with Gasteiger partial charge in [0.25, 0.3) is 0 Å². The Morgan fingerprint density at radius 3 is 2.68 bits per heavy atom. The highest BCUT2D eigenvalue weighted by Gasteiger charge is 2.21. The Labute approximate surface area is 116 Å². The van der Waals surface area contributed by atoms with E-state index in [1.165, 1.54) is 0 Å². The van der Waals surface area contributed by atoms with Gasteiger partial charge < -0.3 is 10.2 Å². The van der Waals surface area contributed by atoms with Gasteiger partial charge >= 0.3 is 0 Å². The summed E-state index contributed by atoms with van der Waals surface area (Å²) in [6.07, 6.45) is 0. The maximum absolute atomic E-state index is 12.5. The van der Waals surface area contributed by atoms with E-state index in [0.717, 1.165) is 49.4 Å². The SMILES string of the molecule is Cc1ccc(C)c(C(=O)C(C)CN2CCNCC2)c1. The number of benzene rings is 1. The molecule has 0 amide bonds. The smallest absolute Gasteiger partial charge is 0.167 e. The Bertz CT molecular complexity index is 450. The number of Topliss-reactive ketones (excluding diaryl/α,β-unsaturated/α-hetero) is 1. The van der Waals surface area contributed by atoms with E-state index in [4.69, 9.17) is 0 Å². The van der Waals surface area contributed by atoms with Crippen molar-refractivity contribution in [2.45, 2.75) is 20.8 Å². The predicted octanol–water partition coefficient (Wildman–Crippen LogP) is 2.03. The van der Waals surface area contributed by atoms with Crippen LogP contribution >= 0.6 is 0 Å². The van der Waals surface area contributed by atoms with Crippen molar-refractivity contribution in [1.82, 2.24) is 10.2 Å². The van der Waals surface area contributed by atoms with Gasteiger partial charge in [0.05, 0.1) is 0 Å². The third-order valence-electron chi connectivity index (χ3n) is 3.85. The fourth-order valence-electron chi connectivity index (χ4n) is 2.63. The molecule has 1 aliphatic heterocycles. The summed E-state index contributed by atoms with van der Waals surface area (Å²) in [5.41, 5.74) is 3.13. The molecule has 1 aromatic carbocycles. The monoisotopic (exact) mass is 260 g/mol. The quantitative estimate of drug-likeness (QED) is 0.841. The standard InChI is InChI=1S/C16H24N2O/c1-12-4-5-13(2)15(10-12)16(19)14(3)11-18-8-6-17-7-9-18/h4-5,10,14,17H,6-9,11H2,1-3H3. The fraction of sp³-hybridized carbons (Fsp3) is 0.562. The lowest BCUT2D eigenvalue weighted by Gasteiger charge is -2.29. The topological polar surface area (TPSA) is 32.3 Å². The highest BCUT2D eigenvalue weighted by Crippen LogP contribution is 2.16. The lowest BCUT2D eigenvalue weighted by Crippen LogP contribution is -2.45. The molecular weight excluding hydrogens is 236 g/mol. The Morgan fingerprint density at radius 2 is 2.00 bits per heavy atom. The number of piperazine rings is 1. The van der Waals surface area contributed by atoms with E-state index in [0.29, 0.717) is 0 Å². The van der Waals surface area contributed by atoms with E-state index in [2.05, 4.69) is 16.3 Å². The van der Waals surface area contributed by atoms with E-state index in [-0.39, 0.29) is 11.7 Å². The minimum absolute atomic E-state index is 0.0681. The third-order valence-corrected chi connectivity index (χ3v) is 3.85. The molecule has 19 heavy (non-hydrogen) atoms. The number of nitrogens with one attached hydrogen (secondary N) is 1. The highest BCUT2D eigenvalue weighted by atomic mass is 16.1. The largest absolute Gasteiger partial charge is 0.314 e. The van der Waals surface area contributed by atoms with Gasteiger partial charge in [-0.3, -0.25) is 4.79 Å². The molecule has 0 aliphatic carbocycles. The Morgan fingerprint density at radius 1 is 1.32 bits per heavy atom. The van der Waals surface area contributed by atoms with Crippen LogP contribution in [0, 0.1) is 19.8 Å². The van der Waals surface area contributed by atoms with Crippen LogP contribution in [0.4, 0.5) is 0 Å². The van der Waals surface area contributed by atoms with E-state index in [1.807, 2.05) is 32.9 Å². The molecule has 1 aromatic rings. The average molecular weight is 260 g/mol. The van der Waals surface area contributed by atoms with Gasteiger partial charge in [-0.15, -0.1) is 0 Å². The summed E-state index contributed by atoms with van der Waals surface area (Å²) in [5, 5.41) is 3.34. The van der Waals surface area contributed by atoms with Crippen LogP contribution in [-0.4, -0.2) is 43.4 Å². The molecule has 0 spiro atoms. The normalized spacial score (nSPS) is 18.3. The molecule has 0 radical (unpaired) electrons. The zero-order valence-electron chi connectivity index (χ0n) is 12.2. The van der Waals surface area contributed by atoms with Crippen molar-refractivity contribution in [2.75, 3.05) is 32.7 Å². The maximum atomic E-state index is 12.5. The molecule has 1 atom stereocenters. The number of ketones is 1. The van der Waals surface area contributed by atoms with Crippen molar-refractivity contribution < 1.29 is 4.79 Å². The van der Waals surface area contributed by atoms with Crippen molar-refractivity contribution in [3.05, 3.63) is 34.9 Å². The maximum Gasteiger partial charge on any atom is 0.167 e. The first-order chi connectivity index (χ1) is 9.08. The molecule has 0 aromatic heterocycles. The molecule has 1 heterocycles. The molecule has 3 heteroatoms. The summed E-state index contributed by atoms with van der Waals surface area (Å²) in [5.74, 6) is 0.346. The van der Waals surface area contributed by atoms with Crippen LogP contribution in [0.15, 0.2) is 18.2 Å². The summed E-state index contributed by atoms with van der Waals surface area (Å²) >= 11 is 0. The molecule has 1 fully saturated rings. The Kier molecular flexibility index (Phi) is 4.72. The summed E-state index contributed by atoms with van der Waals surface area (Å²) in [7, 11) is 0. The van der Waals surface area contributed by atoms with Crippen LogP contribution in [-0.2, 0) is 0 Å². The molecule has 1 aliphatic rings. The molecule has 3 nitrogen and oxygen atoms in total. The first kappa shape index (κ1) is 14.2. The number of carbonyl (C=O) groups is 1. The molecule has 2 rings (SSSR count). The van der Waals surface area contributed by atoms with Crippen molar-refractivity contribution in [3.63, 3.8) is 0 Å². The van der Waals surface area contributed by atoms with Gasteiger partial charge in [0.1, 0.15) is 0 Å². The van der Waals surface area contributed by atoms with Crippen LogP contribution in [0.5, 0.6) is 0 Å². The van der Waals surface area contributed by atoms with E-state index in [1.54, 1.807) is 0 Å². The van der Waals surface area contributed by atoms with Gasteiger partial charge in [0.15, 0.2) is 5.78 Å².